The summed E-state index contributed by atoms with van der Waals surface area (Å²) in [4.78, 5) is 10.2. The Kier molecular flexibility index (Phi) is 4.99. The largest absolute Gasteiger partial charge is 0.369 e. The van der Waals surface area contributed by atoms with Crippen molar-refractivity contribution in [3.8, 4) is 0 Å². The minimum Gasteiger partial charge on any atom is -0.369 e. The molecule has 0 fully saturated rings. The molecule has 1 aromatic heterocycles. The molecule has 0 aliphatic carbocycles. The molecule has 2 aromatic rings. The lowest BCUT2D eigenvalue weighted by atomic mass is 10.3. The number of nitrogens with one attached hydrogen (secondary N) is 2. The Labute approximate surface area is 122 Å². The minimum atomic E-state index is -0.564. The van der Waals surface area contributed by atoms with Crippen LogP contribution in [0, 0.1) is 11.6 Å². The monoisotopic (exact) mass is 293 g/mol. The molecule has 112 valence electrons. The van der Waals surface area contributed by atoms with Crippen molar-refractivity contribution in [3.63, 3.8) is 0 Å². The standard InChI is InChI=1S/C14H17F2N5/c1-21(2)8-7-17-13-5-6-18-14(20-13)19-12-9-10(15)3-4-11(12)16/h3-6,9H,7-8H2,1-2H3,(H2,17,18,19,20). The van der Waals surface area contributed by atoms with E-state index < -0.39 is 11.6 Å². The van der Waals surface area contributed by atoms with Crippen molar-refractivity contribution in [2.75, 3.05) is 37.8 Å². The molecule has 2 N–H and O–H groups in total. The van der Waals surface area contributed by atoms with E-state index in [4.69, 9.17) is 0 Å². The van der Waals surface area contributed by atoms with Crippen LogP contribution < -0.4 is 10.6 Å². The molecule has 0 bridgehead atoms. The number of hydrogen-bond donors (Lipinski definition) is 2. The third-order valence-electron chi connectivity index (χ3n) is 2.70. The maximum atomic E-state index is 13.5. The van der Waals surface area contributed by atoms with Gasteiger partial charge in [-0.25, -0.2) is 13.8 Å². The molecule has 0 radical (unpaired) electrons. The van der Waals surface area contributed by atoms with Crippen LogP contribution in [0.1, 0.15) is 0 Å². The van der Waals surface area contributed by atoms with Gasteiger partial charge >= 0.3 is 0 Å². The molecule has 0 saturated heterocycles. The molecular weight excluding hydrogens is 276 g/mol. The predicted octanol–water partition coefficient (Wildman–Crippen LogP) is 2.47. The number of likely N-dealkylation sites (N-methyl/N-ethyl adjacent to an activating group) is 1. The molecule has 1 aromatic carbocycles. The maximum Gasteiger partial charge on any atom is 0.229 e. The Hall–Kier alpha value is -2.28. The number of benzene rings is 1. The fraction of sp³-hybridized carbons (Fsp3) is 0.286. The second kappa shape index (κ2) is 6.94. The van der Waals surface area contributed by atoms with E-state index in [2.05, 4.69) is 20.6 Å². The van der Waals surface area contributed by atoms with Gasteiger partial charge < -0.3 is 15.5 Å². The number of nitrogens with zero attached hydrogens (tertiary/aromatic N) is 3. The first-order chi connectivity index (χ1) is 10.0. The lowest BCUT2D eigenvalue weighted by Gasteiger charge is -2.11. The average molecular weight is 293 g/mol. The third kappa shape index (κ3) is 4.64. The van der Waals surface area contributed by atoms with Crippen LogP contribution in [0.4, 0.5) is 26.2 Å². The molecule has 0 aliphatic heterocycles. The van der Waals surface area contributed by atoms with Crippen molar-refractivity contribution >= 4 is 17.5 Å². The Morgan fingerprint density at radius 3 is 2.76 bits per heavy atom. The van der Waals surface area contributed by atoms with Gasteiger partial charge in [0.2, 0.25) is 5.95 Å². The molecule has 21 heavy (non-hydrogen) atoms. The first-order valence-electron chi connectivity index (χ1n) is 6.48. The third-order valence-corrected chi connectivity index (χ3v) is 2.70. The zero-order valence-corrected chi connectivity index (χ0v) is 11.9. The highest BCUT2D eigenvalue weighted by Gasteiger charge is 2.06. The fourth-order valence-electron chi connectivity index (χ4n) is 1.64. The molecule has 0 spiro atoms. The van der Waals surface area contributed by atoms with E-state index in [1.54, 1.807) is 12.3 Å². The van der Waals surface area contributed by atoms with Gasteiger partial charge in [0, 0.05) is 25.4 Å². The Morgan fingerprint density at radius 2 is 2.00 bits per heavy atom. The lowest BCUT2D eigenvalue weighted by Crippen LogP contribution is -2.21. The average Bonchev–Trinajstić information content (AvgIpc) is 2.43. The molecule has 1 heterocycles. The summed E-state index contributed by atoms with van der Waals surface area (Å²) in [7, 11) is 3.95. The summed E-state index contributed by atoms with van der Waals surface area (Å²) < 4.78 is 26.6. The fourth-order valence-corrected chi connectivity index (χ4v) is 1.64. The first kappa shape index (κ1) is 15.1. The summed E-state index contributed by atoms with van der Waals surface area (Å²) in [6.45, 7) is 1.57. The van der Waals surface area contributed by atoms with E-state index in [-0.39, 0.29) is 11.6 Å². The van der Waals surface area contributed by atoms with Crippen LogP contribution in [0.15, 0.2) is 30.5 Å². The van der Waals surface area contributed by atoms with Crippen molar-refractivity contribution in [1.29, 1.82) is 0 Å². The Morgan fingerprint density at radius 1 is 1.19 bits per heavy atom. The summed E-state index contributed by atoms with van der Waals surface area (Å²) in [5.74, 6) is -0.273. The highest BCUT2D eigenvalue weighted by molar-refractivity contribution is 5.55. The summed E-state index contributed by atoms with van der Waals surface area (Å²) in [6, 6.07) is 4.88. The van der Waals surface area contributed by atoms with E-state index in [1.165, 1.54) is 0 Å². The van der Waals surface area contributed by atoms with E-state index >= 15 is 0 Å². The van der Waals surface area contributed by atoms with Crippen molar-refractivity contribution in [1.82, 2.24) is 14.9 Å². The van der Waals surface area contributed by atoms with Gasteiger partial charge in [-0.1, -0.05) is 0 Å². The molecule has 0 saturated carbocycles. The summed E-state index contributed by atoms with van der Waals surface area (Å²) >= 11 is 0. The normalized spacial score (nSPS) is 10.7. The molecule has 0 aliphatic rings. The number of hydrogen-bond acceptors (Lipinski definition) is 5. The number of halogens is 2. The van der Waals surface area contributed by atoms with Gasteiger partial charge in [0.15, 0.2) is 0 Å². The molecule has 0 atom stereocenters. The number of anilines is 3. The second-order valence-electron chi connectivity index (χ2n) is 4.74. The zero-order valence-electron chi connectivity index (χ0n) is 11.9. The van der Waals surface area contributed by atoms with Crippen LogP contribution in [0.5, 0.6) is 0 Å². The van der Waals surface area contributed by atoms with Gasteiger partial charge in [0.05, 0.1) is 5.69 Å². The Bertz CT molecular complexity index is 604. The van der Waals surface area contributed by atoms with E-state index in [0.29, 0.717) is 5.82 Å². The van der Waals surface area contributed by atoms with Crippen LogP contribution in [0.2, 0.25) is 0 Å². The molecular formula is C14H17F2N5. The van der Waals surface area contributed by atoms with E-state index in [1.807, 2.05) is 19.0 Å². The van der Waals surface area contributed by atoms with Gasteiger partial charge in [0.1, 0.15) is 17.5 Å². The minimum absolute atomic E-state index is 0.000409. The molecule has 0 unspecified atom stereocenters. The van der Waals surface area contributed by atoms with Crippen LogP contribution in [-0.4, -0.2) is 42.1 Å². The highest BCUT2D eigenvalue weighted by Crippen LogP contribution is 2.19. The van der Waals surface area contributed by atoms with Crippen LogP contribution in [0.3, 0.4) is 0 Å². The van der Waals surface area contributed by atoms with E-state index in [0.717, 1.165) is 31.3 Å². The molecule has 2 rings (SSSR count). The maximum absolute atomic E-state index is 13.5. The zero-order chi connectivity index (χ0) is 15.2. The topological polar surface area (TPSA) is 53.1 Å². The van der Waals surface area contributed by atoms with Crippen molar-refractivity contribution in [3.05, 3.63) is 42.1 Å². The van der Waals surface area contributed by atoms with Gasteiger partial charge in [-0.3, -0.25) is 0 Å². The van der Waals surface area contributed by atoms with Crippen molar-refractivity contribution in [2.24, 2.45) is 0 Å². The van der Waals surface area contributed by atoms with Crippen molar-refractivity contribution in [2.45, 2.75) is 0 Å². The second-order valence-corrected chi connectivity index (χ2v) is 4.74. The van der Waals surface area contributed by atoms with Gasteiger partial charge in [-0.2, -0.15) is 4.98 Å². The quantitative estimate of drug-likeness (QED) is 0.857. The van der Waals surface area contributed by atoms with Crippen LogP contribution in [0.25, 0.3) is 0 Å². The first-order valence-corrected chi connectivity index (χ1v) is 6.48. The number of aromatic nitrogens is 2. The predicted molar refractivity (Wildman–Crippen MR) is 78.7 cm³/mol. The smallest absolute Gasteiger partial charge is 0.229 e. The summed E-state index contributed by atoms with van der Waals surface area (Å²) in [5, 5.41) is 5.79. The van der Waals surface area contributed by atoms with Crippen LogP contribution >= 0.6 is 0 Å². The Balaban J connectivity index is 2.05. The molecule has 5 nitrogen and oxygen atoms in total. The lowest BCUT2D eigenvalue weighted by molar-refractivity contribution is 0.425. The van der Waals surface area contributed by atoms with Crippen LogP contribution in [-0.2, 0) is 0 Å². The van der Waals surface area contributed by atoms with Gasteiger partial charge in [-0.05, 0) is 32.3 Å². The van der Waals surface area contributed by atoms with Gasteiger partial charge in [-0.15, -0.1) is 0 Å². The summed E-state index contributed by atoms with van der Waals surface area (Å²) in [6.07, 6.45) is 1.55. The summed E-state index contributed by atoms with van der Waals surface area (Å²) in [5.41, 5.74) is 0.000409. The molecule has 7 heteroatoms. The molecule has 0 amide bonds. The van der Waals surface area contributed by atoms with E-state index in [9.17, 15) is 8.78 Å². The number of rotatable bonds is 6. The SMILES string of the molecule is CN(C)CCNc1ccnc(Nc2cc(F)ccc2F)n1. The van der Waals surface area contributed by atoms with Gasteiger partial charge in [0.25, 0.3) is 0 Å². The van der Waals surface area contributed by atoms with Crippen molar-refractivity contribution < 1.29 is 8.78 Å². The highest BCUT2D eigenvalue weighted by atomic mass is 19.1.